The lowest BCUT2D eigenvalue weighted by atomic mass is 10.0. The molecule has 0 saturated carbocycles. The van der Waals surface area contributed by atoms with Crippen molar-refractivity contribution >= 4 is 35.1 Å². The second-order valence-electron chi connectivity index (χ2n) is 6.09. The Morgan fingerprint density at radius 2 is 0.808 bits per heavy atom. The molecule has 0 aliphatic rings. The molecule has 0 aliphatic heterocycles. The number of fused-ring (bicyclic) bond motifs is 1. The largest absolute Gasteiger partial charge is 0.265 e. The molecule has 2 nitrogen and oxygen atoms in total. The van der Waals surface area contributed by atoms with E-state index in [9.17, 15) is 0 Å². The van der Waals surface area contributed by atoms with Gasteiger partial charge in [0.1, 0.15) is 0 Å². The molecule has 0 spiro atoms. The topological polar surface area (TPSA) is 25.8 Å². The molecule has 0 radical (unpaired) electrons. The number of pyridine rings is 2. The van der Waals surface area contributed by atoms with Gasteiger partial charge in [0.2, 0.25) is 0 Å². The minimum Gasteiger partial charge on any atom is -0.265 e. The molecule has 2 aromatic carbocycles. The first kappa shape index (κ1) is 16.0. The zero-order valence-corrected chi connectivity index (χ0v) is 14.3. The molecule has 0 atom stereocenters. The zero-order chi connectivity index (χ0) is 17.6. The third-order valence-electron chi connectivity index (χ3n) is 4.24. The highest BCUT2D eigenvalue weighted by Crippen LogP contribution is 2.20. The van der Waals surface area contributed by atoms with Gasteiger partial charge in [0.25, 0.3) is 0 Å². The normalized spacial score (nSPS) is 11.5. The van der Waals surface area contributed by atoms with Crippen LogP contribution in [0.5, 0.6) is 0 Å². The fourth-order valence-electron chi connectivity index (χ4n) is 2.82. The van der Waals surface area contributed by atoms with E-state index in [1.54, 1.807) is 24.8 Å². The molecule has 0 unspecified atom stereocenters. The Morgan fingerprint density at radius 1 is 0.423 bits per heavy atom. The molecule has 4 rings (SSSR count). The van der Waals surface area contributed by atoms with Gasteiger partial charge in [-0.1, -0.05) is 48.6 Å². The van der Waals surface area contributed by atoms with Gasteiger partial charge in [0, 0.05) is 24.8 Å². The van der Waals surface area contributed by atoms with E-state index in [0.717, 1.165) is 11.1 Å². The molecule has 0 amide bonds. The number of rotatable bonds is 4. The van der Waals surface area contributed by atoms with Crippen molar-refractivity contribution in [2.45, 2.75) is 0 Å². The lowest BCUT2D eigenvalue weighted by Crippen LogP contribution is -1.79. The van der Waals surface area contributed by atoms with Crippen LogP contribution >= 0.6 is 0 Å². The van der Waals surface area contributed by atoms with E-state index in [1.807, 2.05) is 24.3 Å². The van der Waals surface area contributed by atoms with Gasteiger partial charge < -0.3 is 0 Å². The van der Waals surface area contributed by atoms with Crippen molar-refractivity contribution in [3.63, 3.8) is 0 Å². The summed E-state index contributed by atoms with van der Waals surface area (Å²) < 4.78 is 0. The van der Waals surface area contributed by atoms with Crippen molar-refractivity contribution in [1.29, 1.82) is 0 Å². The SMILES string of the molecule is C(=C\c1ccc2cc(/C=C/c3ccncc3)ccc2c1)/c1ccncc1. The van der Waals surface area contributed by atoms with Crippen LogP contribution in [0.1, 0.15) is 22.3 Å². The van der Waals surface area contributed by atoms with Gasteiger partial charge in [-0.05, 0) is 69.4 Å². The third kappa shape index (κ3) is 3.93. The Morgan fingerprint density at radius 3 is 1.23 bits per heavy atom. The minimum atomic E-state index is 1.15. The predicted octanol–water partition coefficient (Wildman–Crippen LogP) is 5.97. The van der Waals surface area contributed by atoms with Crippen molar-refractivity contribution in [2.24, 2.45) is 0 Å². The second-order valence-corrected chi connectivity index (χ2v) is 6.09. The van der Waals surface area contributed by atoms with E-state index in [0.29, 0.717) is 0 Å². The quantitative estimate of drug-likeness (QED) is 0.459. The number of benzene rings is 2. The Kier molecular flexibility index (Phi) is 4.66. The van der Waals surface area contributed by atoms with E-state index in [4.69, 9.17) is 0 Å². The monoisotopic (exact) mass is 334 g/mol. The van der Waals surface area contributed by atoms with Gasteiger partial charge in [0.05, 0.1) is 0 Å². The fraction of sp³-hybridized carbons (Fsp3) is 0. The summed E-state index contributed by atoms with van der Waals surface area (Å²) in [4.78, 5) is 8.08. The van der Waals surface area contributed by atoms with Crippen LogP contribution in [0, 0.1) is 0 Å². The Labute approximate surface area is 153 Å². The van der Waals surface area contributed by atoms with Crippen molar-refractivity contribution in [2.75, 3.05) is 0 Å². The zero-order valence-electron chi connectivity index (χ0n) is 14.3. The van der Waals surface area contributed by atoms with Crippen molar-refractivity contribution < 1.29 is 0 Å². The summed E-state index contributed by atoms with van der Waals surface area (Å²) >= 11 is 0. The van der Waals surface area contributed by atoms with E-state index < -0.39 is 0 Å². The third-order valence-corrected chi connectivity index (χ3v) is 4.24. The molecule has 0 saturated heterocycles. The first-order valence-electron chi connectivity index (χ1n) is 8.57. The van der Waals surface area contributed by atoms with Crippen molar-refractivity contribution in [3.05, 3.63) is 108 Å². The van der Waals surface area contributed by atoms with Crippen LogP contribution in [0.4, 0.5) is 0 Å². The van der Waals surface area contributed by atoms with Crippen LogP contribution in [-0.4, -0.2) is 9.97 Å². The average molecular weight is 334 g/mol. The molecule has 2 heterocycles. The summed E-state index contributed by atoms with van der Waals surface area (Å²) in [5.74, 6) is 0. The summed E-state index contributed by atoms with van der Waals surface area (Å²) in [5, 5.41) is 2.48. The van der Waals surface area contributed by atoms with Crippen LogP contribution in [0.25, 0.3) is 35.1 Å². The van der Waals surface area contributed by atoms with Gasteiger partial charge in [-0.15, -0.1) is 0 Å². The molecular weight excluding hydrogens is 316 g/mol. The van der Waals surface area contributed by atoms with Gasteiger partial charge in [-0.25, -0.2) is 0 Å². The van der Waals surface area contributed by atoms with Gasteiger partial charge in [-0.3, -0.25) is 9.97 Å². The van der Waals surface area contributed by atoms with Gasteiger partial charge in [0.15, 0.2) is 0 Å². The molecule has 2 aromatic heterocycles. The molecule has 4 aromatic rings. The minimum absolute atomic E-state index is 1.15. The molecule has 0 fully saturated rings. The Bertz CT molecular complexity index is 976. The van der Waals surface area contributed by atoms with Crippen LogP contribution in [0.2, 0.25) is 0 Å². The molecule has 0 aliphatic carbocycles. The smallest absolute Gasteiger partial charge is 0.0273 e. The summed E-state index contributed by atoms with van der Waals surface area (Å²) in [6, 6.07) is 21.1. The van der Waals surface area contributed by atoms with Crippen molar-refractivity contribution in [1.82, 2.24) is 9.97 Å². The van der Waals surface area contributed by atoms with Crippen LogP contribution in [0.3, 0.4) is 0 Å². The lowest BCUT2D eigenvalue weighted by molar-refractivity contribution is 1.32. The molecular formula is C24H18N2. The fourth-order valence-corrected chi connectivity index (χ4v) is 2.82. The van der Waals surface area contributed by atoms with Gasteiger partial charge >= 0.3 is 0 Å². The second kappa shape index (κ2) is 7.58. The van der Waals surface area contributed by atoms with E-state index in [1.165, 1.54) is 21.9 Å². The number of hydrogen-bond donors (Lipinski definition) is 0. The van der Waals surface area contributed by atoms with E-state index >= 15 is 0 Å². The predicted molar refractivity (Wildman–Crippen MR) is 110 cm³/mol. The first-order valence-corrected chi connectivity index (χ1v) is 8.57. The number of hydrogen-bond acceptors (Lipinski definition) is 2. The summed E-state index contributed by atoms with van der Waals surface area (Å²) in [6.45, 7) is 0. The maximum atomic E-state index is 4.04. The van der Waals surface area contributed by atoms with Crippen LogP contribution in [-0.2, 0) is 0 Å². The molecule has 124 valence electrons. The maximum absolute atomic E-state index is 4.04. The number of aromatic nitrogens is 2. The Balaban J connectivity index is 1.56. The molecule has 0 N–H and O–H groups in total. The van der Waals surface area contributed by atoms with E-state index in [2.05, 4.69) is 70.7 Å². The van der Waals surface area contributed by atoms with E-state index in [-0.39, 0.29) is 0 Å². The summed E-state index contributed by atoms with van der Waals surface area (Å²) in [7, 11) is 0. The summed E-state index contributed by atoms with van der Waals surface area (Å²) in [5.41, 5.74) is 4.68. The molecule has 2 heteroatoms. The highest BCUT2D eigenvalue weighted by atomic mass is 14.6. The van der Waals surface area contributed by atoms with Crippen molar-refractivity contribution in [3.8, 4) is 0 Å². The van der Waals surface area contributed by atoms with Crippen LogP contribution in [0.15, 0.2) is 85.5 Å². The van der Waals surface area contributed by atoms with Crippen LogP contribution < -0.4 is 0 Å². The highest BCUT2D eigenvalue weighted by molar-refractivity contribution is 5.88. The Hall–Kier alpha value is -3.52. The first-order chi connectivity index (χ1) is 12.9. The van der Waals surface area contributed by atoms with Gasteiger partial charge in [-0.2, -0.15) is 0 Å². The number of nitrogens with zero attached hydrogens (tertiary/aromatic N) is 2. The molecule has 0 bridgehead atoms. The highest BCUT2D eigenvalue weighted by Gasteiger charge is 1.96. The lowest BCUT2D eigenvalue weighted by Gasteiger charge is -2.02. The standard InChI is InChI=1S/C24H18N2/c1(19-9-13-25-14-10-19)3-21-5-7-24-18-22(6-8-23(24)17-21)4-2-20-11-15-26-16-12-20/h1-18H/b3-1+,4-2+. The molecule has 26 heavy (non-hydrogen) atoms. The summed E-state index contributed by atoms with van der Waals surface area (Å²) in [6.07, 6.45) is 15.7. The maximum Gasteiger partial charge on any atom is 0.0273 e. The average Bonchev–Trinajstić information content (AvgIpc) is 2.72.